The summed E-state index contributed by atoms with van der Waals surface area (Å²) in [4.78, 5) is 11.5. The molecule has 0 amide bonds. The van der Waals surface area contributed by atoms with E-state index in [0.717, 1.165) is 17.8 Å². The summed E-state index contributed by atoms with van der Waals surface area (Å²) in [6, 6.07) is 0. The van der Waals surface area contributed by atoms with Gasteiger partial charge in [-0.2, -0.15) is 0 Å². The molecule has 3 heteroatoms. The molecule has 0 saturated heterocycles. The molecule has 0 radical (unpaired) electrons. The largest absolute Gasteiger partial charge is 0.480 e. The van der Waals surface area contributed by atoms with E-state index in [2.05, 4.69) is 5.32 Å². The molecule has 0 aromatic carbocycles. The van der Waals surface area contributed by atoms with E-state index < -0.39 is 11.5 Å². The van der Waals surface area contributed by atoms with Crippen molar-refractivity contribution in [2.24, 2.45) is 17.8 Å². The number of rotatable bonds is 4. The number of hydrogen-bond donors (Lipinski definition) is 2. The molecule has 0 spiro atoms. The molecule has 4 rings (SSSR count). The van der Waals surface area contributed by atoms with Gasteiger partial charge >= 0.3 is 5.97 Å². The maximum atomic E-state index is 11.5. The van der Waals surface area contributed by atoms with Crippen LogP contribution in [0.3, 0.4) is 0 Å². The highest BCUT2D eigenvalue weighted by Crippen LogP contribution is 2.56. The van der Waals surface area contributed by atoms with Crippen molar-refractivity contribution < 1.29 is 9.90 Å². The van der Waals surface area contributed by atoms with Gasteiger partial charge < -0.3 is 5.11 Å². The fourth-order valence-corrected chi connectivity index (χ4v) is 5.14. The van der Waals surface area contributed by atoms with Crippen molar-refractivity contribution >= 4 is 5.97 Å². The lowest BCUT2D eigenvalue weighted by molar-refractivity contribution is -0.147. The molecule has 0 aromatic heterocycles. The first-order valence-electron chi connectivity index (χ1n) is 7.47. The van der Waals surface area contributed by atoms with Crippen LogP contribution in [0.25, 0.3) is 0 Å². The first kappa shape index (κ1) is 12.5. The van der Waals surface area contributed by atoms with Crippen LogP contribution in [0.4, 0.5) is 0 Å². The van der Waals surface area contributed by atoms with Gasteiger partial charge in [-0.15, -0.1) is 0 Å². The Bertz CT molecular complexity index is 330. The summed E-state index contributed by atoms with van der Waals surface area (Å²) in [5, 5.41) is 13.1. The molecule has 4 fully saturated rings. The predicted octanol–water partition coefficient (Wildman–Crippen LogP) is 2.80. The zero-order valence-corrected chi connectivity index (χ0v) is 11.5. The Morgan fingerprint density at radius 3 is 2.00 bits per heavy atom. The lowest BCUT2D eigenvalue weighted by Crippen LogP contribution is -2.66. The molecule has 1 atom stereocenters. The van der Waals surface area contributed by atoms with E-state index in [4.69, 9.17) is 0 Å². The predicted molar refractivity (Wildman–Crippen MR) is 70.4 cm³/mol. The second kappa shape index (κ2) is 3.96. The van der Waals surface area contributed by atoms with Crippen LogP contribution in [0.1, 0.15) is 58.8 Å². The van der Waals surface area contributed by atoms with Gasteiger partial charge in [0.15, 0.2) is 0 Å². The van der Waals surface area contributed by atoms with Crippen LogP contribution in [0.15, 0.2) is 0 Å². The average molecular weight is 251 g/mol. The normalized spacial score (nSPS) is 44.9. The highest BCUT2D eigenvalue weighted by Gasteiger charge is 2.53. The Morgan fingerprint density at radius 1 is 1.22 bits per heavy atom. The van der Waals surface area contributed by atoms with Crippen LogP contribution >= 0.6 is 0 Å². The molecule has 0 aromatic rings. The molecule has 1 unspecified atom stereocenters. The van der Waals surface area contributed by atoms with Gasteiger partial charge in [0.1, 0.15) is 5.54 Å². The maximum absolute atomic E-state index is 11.5. The van der Waals surface area contributed by atoms with Crippen LogP contribution in [-0.2, 0) is 4.79 Å². The van der Waals surface area contributed by atoms with Crippen molar-refractivity contribution in [2.75, 3.05) is 0 Å². The summed E-state index contributed by atoms with van der Waals surface area (Å²) >= 11 is 0. The minimum absolute atomic E-state index is 0.137. The average Bonchev–Trinajstić information content (AvgIpc) is 2.25. The molecule has 4 aliphatic carbocycles. The second-order valence-electron chi connectivity index (χ2n) is 7.31. The van der Waals surface area contributed by atoms with Crippen LogP contribution < -0.4 is 5.32 Å². The molecule has 0 heterocycles. The van der Waals surface area contributed by atoms with Crippen LogP contribution in [0.5, 0.6) is 0 Å². The third-order valence-corrected chi connectivity index (χ3v) is 5.76. The fourth-order valence-electron chi connectivity index (χ4n) is 5.14. The van der Waals surface area contributed by atoms with Crippen molar-refractivity contribution in [2.45, 2.75) is 69.9 Å². The Kier molecular flexibility index (Phi) is 2.74. The molecule has 3 nitrogen and oxygen atoms in total. The molecule has 2 N–H and O–H groups in total. The van der Waals surface area contributed by atoms with Gasteiger partial charge in [-0.05, 0) is 69.6 Å². The van der Waals surface area contributed by atoms with E-state index in [1.165, 1.54) is 38.5 Å². The minimum atomic E-state index is -0.744. The highest BCUT2D eigenvalue weighted by atomic mass is 16.4. The van der Waals surface area contributed by atoms with Crippen molar-refractivity contribution in [3.63, 3.8) is 0 Å². The van der Waals surface area contributed by atoms with Gasteiger partial charge in [-0.25, -0.2) is 0 Å². The number of carboxylic acid groups (broad SMARTS) is 1. The Morgan fingerprint density at radius 2 is 1.67 bits per heavy atom. The van der Waals surface area contributed by atoms with Gasteiger partial charge in [-0.3, -0.25) is 10.1 Å². The monoisotopic (exact) mass is 251 g/mol. The van der Waals surface area contributed by atoms with Gasteiger partial charge in [-0.1, -0.05) is 6.92 Å². The zero-order valence-electron chi connectivity index (χ0n) is 11.5. The van der Waals surface area contributed by atoms with Crippen molar-refractivity contribution in [1.29, 1.82) is 0 Å². The summed E-state index contributed by atoms with van der Waals surface area (Å²) in [5.41, 5.74) is -0.608. The Hall–Kier alpha value is -0.570. The Balaban J connectivity index is 1.81. The quantitative estimate of drug-likeness (QED) is 0.807. The van der Waals surface area contributed by atoms with Gasteiger partial charge in [0.05, 0.1) is 0 Å². The van der Waals surface area contributed by atoms with Gasteiger partial charge in [0.25, 0.3) is 0 Å². The van der Waals surface area contributed by atoms with Gasteiger partial charge in [0, 0.05) is 5.54 Å². The minimum Gasteiger partial charge on any atom is -0.480 e. The number of carboxylic acids is 1. The lowest BCUT2D eigenvalue weighted by atomic mass is 9.52. The fraction of sp³-hybridized carbons (Fsp3) is 0.933. The molecule has 4 aliphatic rings. The molecular formula is C15H25NO2. The summed E-state index contributed by atoms with van der Waals surface area (Å²) in [6.45, 7) is 3.83. The molecule has 102 valence electrons. The van der Waals surface area contributed by atoms with Crippen LogP contribution in [0.2, 0.25) is 0 Å². The van der Waals surface area contributed by atoms with Crippen molar-refractivity contribution in [1.82, 2.24) is 5.32 Å². The molecule has 0 aliphatic heterocycles. The smallest absolute Gasteiger partial charge is 0.323 e. The number of nitrogens with one attached hydrogen (secondary N) is 1. The summed E-state index contributed by atoms with van der Waals surface area (Å²) in [5.74, 6) is 1.89. The van der Waals surface area contributed by atoms with E-state index >= 15 is 0 Å². The summed E-state index contributed by atoms with van der Waals surface area (Å²) in [7, 11) is 0. The molecule has 4 saturated carbocycles. The highest BCUT2D eigenvalue weighted by molar-refractivity contribution is 5.78. The first-order valence-corrected chi connectivity index (χ1v) is 7.47. The van der Waals surface area contributed by atoms with E-state index in [0.29, 0.717) is 6.42 Å². The molecule has 18 heavy (non-hydrogen) atoms. The van der Waals surface area contributed by atoms with Crippen LogP contribution in [-0.4, -0.2) is 22.2 Å². The van der Waals surface area contributed by atoms with E-state index in [1.807, 2.05) is 13.8 Å². The van der Waals surface area contributed by atoms with Gasteiger partial charge in [0.2, 0.25) is 0 Å². The Labute approximate surface area is 109 Å². The summed E-state index contributed by atoms with van der Waals surface area (Å²) in [6.07, 6.45) is 8.49. The number of carbonyl (C=O) groups is 1. The molecule has 4 bridgehead atoms. The topological polar surface area (TPSA) is 49.3 Å². The zero-order chi connectivity index (χ0) is 13.0. The van der Waals surface area contributed by atoms with Crippen molar-refractivity contribution in [3.8, 4) is 0 Å². The standard InChI is InChI=1S/C15H25NO2/c1-3-14(2,13(17)18)16-15-7-10-4-11(8-15)6-12(5-10)9-15/h10-12,16H,3-9H2,1-2H3,(H,17,18). The third-order valence-electron chi connectivity index (χ3n) is 5.76. The third kappa shape index (κ3) is 1.87. The van der Waals surface area contributed by atoms with E-state index in [1.54, 1.807) is 0 Å². The first-order chi connectivity index (χ1) is 8.45. The second-order valence-corrected chi connectivity index (χ2v) is 7.31. The van der Waals surface area contributed by atoms with E-state index in [-0.39, 0.29) is 5.54 Å². The summed E-state index contributed by atoms with van der Waals surface area (Å²) < 4.78 is 0. The van der Waals surface area contributed by atoms with E-state index in [9.17, 15) is 9.90 Å². The number of aliphatic carboxylic acids is 1. The van der Waals surface area contributed by atoms with Crippen molar-refractivity contribution in [3.05, 3.63) is 0 Å². The molecular weight excluding hydrogens is 226 g/mol. The SMILES string of the molecule is CCC(C)(NC12CC3CC(CC(C3)C1)C2)C(=O)O. The lowest BCUT2D eigenvalue weighted by Gasteiger charge is -2.58. The van der Waals surface area contributed by atoms with Crippen LogP contribution in [0, 0.1) is 17.8 Å². The maximum Gasteiger partial charge on any atom is 0.323 e. The number of hydrogen-bond acceptors (Lipinski definition) is 2.